The molecule has 0 atom stereocenters. The first-order valence-corrected chi connectivity index (χ1v) is 52.2. The second-order valence-corrected chi connectivity index (χ2v) is 66.5. The topological polar surface area (TPSA) is 44.4 Å². The second kappa shape index (κ2) is 20.7. The minimum absolute atomic E-state index is 0.0419. The molecule has 0 unspecified atom stereocenters. The molecule has 2 saturated heterocycles. The van der Waals surface area contributed by atoms with Crippen LogP contribution in [0.15, 0.2) is 0 Å². The number of hydrogen-bond acceptors (Lipinski definition) is 11. The van der Waals surface area contributed by atoms with Crippen molar-refractivity contribution < 1.29 is 0 Å². The van der Waals surface area contributed by atoms with E-state index in [1.807, 2.05) is 0 Å². The molecule has 2 aliphatic heterocycles. The van der Waals surface area contributed by atoms with Crippen molar-refractivity contribution in [3.8, 4) is 0 Å². The first-order valence-electron chi connectivity index (χ1n) is 24.6. The fraction of sp³-hybridized carbons (Fsp3) is 1.00. The average molecular weight is 980 g/mol. The quantitative estimate of drug-likeness (QED) is 0.120. The lowest BCUT2D eigenvalue weighted by Gasteiger charge is -2.66. The Morgan fingerprint density at radius 2 is 0.393 bits per heavy atom. The predicted octanol–water partition coefficient (Wildman–Crippen LogP) is 8.33. The van der Waals surface area contributed by atoms with Crippen LogP contribution in [0.2, 0.25) is 157 Å². The van der Waals surface area contributed by atoms with Crippen LogP contribution in [0.1, 0.15) is 41.5 Å². The van der Waals surface area contributed by atoms with Crippen LogP contribution >= 0.6 is 0 Å². The molecule has 2 heterocycles. The molecule has 11 nitrogen and oxygen atoms in total. The summed E-state index contributed by atoms with van der Waals surface area (Å²) in [5.41, 5.74) is 0. The Labute approximate surface area is 394 Å². The van der Waals surface area contributed by atoms with Gasteiger partial charge in [-0.25, -0.2) is 0 Å². The Morgan fingerprint density at radius 3 is 0.492 bits per heavy atom. The maximum atomic E-state index is 4.77. The van der Waals surface area contributed by atoms with Crippen LogP contribution in [0.4, 0.5) is 0 Å². The van der Waals surface area contributed by atoms with Crippen LogP contribution in [-0.2, 0) is 0 Å². The molecule has 0 spiro atoms. The highest BCUT2D eigenvalue weighted by molar-refractivity contribution is 7.08. The van der Waals surface area contributed by atoms with E-state index in [0.717, 1.165) is 39.3 Å². The van der Waals surface area contributed by atoms with Crippen molar-refractivity contribution in [3.05, 3.63) is 0 Å². The average Bonchev–Trinajstić information content (AvgIpc) is 3.00. The van der Waals surface area contributed by atoms with E-state index in [2.05, 4.69) is 244 Å². The Bertz CT molecular complexity index is 1150. The first-order chi connectivity index (χ1) is 27.2. The smallest absolute Gasteiger partial charge is 0.360 e. The molecule has 0 aromatic rings. The third-order valence-electron chi connectivity index (χ3n) is 12.8. The number of hydrogen-bond donors (Lipinski definition) is 1. The van der Waals surface area contributed by atoms with Crippen molar-refractivity contribution >= 4 is 109 Å². The van der Waals surface area contributed by atoms with Gasteiger partial charge in [-0.2, -0.15) is 0 Å². The third kappa shape index (κ3) is 13.1. The van der Waals surface area contributed by atoms with Crippen LogP contribution in [0.5, 0.6) is 0 Å². The molecule has 352 valence electrons. The molecule has 0 bridgehead atoms. The van der Waals surface area contributed by atoms with E-state index in [0.29, 0.717) is 0 Å². The zero-order valence-electron chi connectivity index (χ0n) is 46.7. The molecule has 2 aliphatic rings. The van der Waals surface area contributed by atoms with E-state index in [9.17, 15) is 0 Å². The zero-order chi connectivity index (χ0) is 48.2. The van der Waals surface area contributed by atoms with E-state index in [1.165, 1.54) is 0 Å². The summed E-state index contributed by atoms with van der Waals surface area (Å²) in [6.45, 7) is 83.8. The van der Waals surface area contributed by atoms with Gasteiger partial charge in [-0.05, 0) is 39.3 Å². The Kier molecular flexibility index (Phi) is 20.0. The third-order valence-corrected chi connectivity index (χ3v) is 42.3. The highest BCUT2D eigenvalue weighted by Crippen LogP contribution is 2.37. The summed E-state index contributed by atoms with van der Waals surface area (Å²) in [6, 6.07) is 0. The summed E-state index contributed by atoms with van der Waals surface area (Å²) in [6.07, 6.45) is 0. The van der Waals surface area contributed by atoms with Crippen LogP contribution in [-0.4, -0.2) is 193 Å². The van der Waals surface area contributed by atoms with E-state index in [4.69, 9.17) is 5.14 Å². The molecule has 0 aliphatic carbocycles. The molecule has 0 radical (unpaired) electrons. The molecule has 0 amide bonds. The molecule has 0 aromatic carbocycles. The molecule has 0 saturated carbocycles. The van der Waals surface area contributed by atoms with Gasteiger partial charge < -0.3 is 50.0 Å². The van der Waals surface area contributed by atoms with Gasteiger partial charge in [0.25, 0.3) is 0 Å². The number of nitrogens with zero attached hydrogens (tertiary/aromatic N) is 10. The highest BCUT2D eigenvalue weighted by Gasteiger charge is 2.66. The normalized spacial score (nSPS) is 19.8. The first kappa shape index (κ1) is 58.8. The molecule has 2 fully saturated rings. The number of nitrogens with one attached hydrogen (secondary N) is 1. The lowest BCUT2D eigenvalue weighted by Crippen LogP contribution is -2.95. The van der Waals surface area contributed by atoms with E-state index < -0.39 is 65.9 Å². The van der Waals surface area contributed by atoms with Crippen LogP contribution in [0.3, 0.4) is 0 Å². The molecule has 2 rings (SSSR count). The van der Waals surface area contributed by atoms with Crippen molar-refractivity contribution in [1.29, 1.82) is 0 Å². The van der Waals surface area contributed by atoms with Crippen LogP contribution in [0, 0.1) is 0 Å². The van der Waals surface area contributed by atoms with Gasteiger partial charge in [0.05, 0.1) is 0 Å². The van der Waals surface area contributed by atoms with Crippen LogP contribution < -0.4 is 5.14 Å². The Hall–Kier alpha value is 1.68. The fourth-order valence-electron chi connectivity index (χ4n) is 12.4. The van der Waals surface area contributed by atoms with Crippen LogP contribution in [0.25, 0.3) is 0 Å². The molecule has 61 heavy (non-hydrogen) atoms. The SMILES string of the molecule is CCN1B(NB2N(CC)B(N([Si](C)(C)C)[Si](C)(C)C)N(CC)B(N([Si](C)(C)C)[Si](C)(C)C)N2CC)N(CC)B(N([Si](C)(C)C)[Si](C)(C)C)N(CC)B1N([Si](C)(C)C)[Si](C)(C)C. The lowest BCUT2D eigenvalue weighted by atomic mass is 9.51. The lowest BCUT2D eigenvalue weighted by molar-refractivity contribution is 0.386. The molecule has 1 N–H and O–H groups in total. The standard InChI is InChI=1S/C36H103B6N11Si8/c1-31-44-37(45(32-2)40(51(56(13,14)15)57(16,17)18)48(35-5)39(44)50(54(7,8)9)55(10,11)12)43-38-46(33-3)41(52(58(19,20)21)59(22,23)24)49(36-6)42(47(38)34-4)53(60(25,26)27)61(28,29)30/h43H,31-36H2,1-30H3. The zero-order valence-corrected chi connectivity index (χ0v) is 54.7. The van der Waals surface area contributed by atoms with Gasteiger partial charge in [-0.3, -0.25) is 0 Å². The summed E-state index contributed by atoms with van der Waals surface area (Å²) in [5.74, 6) is 0. The summed E-state index contributed by atoms with van der Waals surface area (Å²) < 4.78 is 30.3. The molecule has 0 aromatic heterocycles. The number of rotatable bonds is 20. The Morgan fingerprint density at radius 1 is 0.262 bits per heavy atom. The van der Waals surface area contributed by atoms with E-state index >= 15 is 0 Å². The maximum Gasteiger partial charge on any atom is 0.372 e. The Balaban J connectivity index is 3.35. The summed E-state index contributed by atoms with van der Waals surface area (Å²) in [5, 5.41) is 4.77. The van der Waals surface area contributed by atoms with Gasteiger partial charge in [0.1, 0.15) is 65.9 Å². The molecule has 25 heteroatoms. The van der Waals surface area contributed by atoms with E-state index in [-0.39, 0.29) is 42.7 Å². The summed E-state index contributed by atoms with van der Waals surface area (Å²) in [4.78, 5) is 0. The van der Waals surface area contributed by atoms with Crippen molar-refractivity contribution in [2.45, 2.75) is 199 Å². The molecular formula is C36H103B6N11Si8. The minimum Gasteiger partial charge on any atom is -0.360 e. The van der Waals surface area contributed by atoms with Crippen molar-refractivity contribution in [1.82, 2.24) is 50.0 Å². The van der Waals surface area contributed by atoms with Gasteiger partial charge in [0, 0.05) is 0 Å². The van der Waals surface area contributed by atoms with Gasteiger partial charge in [-0.1, -0.05) is 199 Å². The molecular weight excluding hydrogens is 876 g/mol. The van der Waals surface area contributed by atoms with Gasteiger partial charge >= 0.3 is 42.7 Å². The summed E-state index contributed by atoms with van der Waals surface area (Å²) in [7, 11) is -13.8. The highest BCUT2D eigenvalue weighted by atomic mass is 28.4. The maximum absolute atomic E-state index is 4.77. The van der Waals surface area contributed by atoms with Gasteiger partial charge in [0.15, 0.2) is 0 Å². The predicted molar refractivity (Wildman–Crippen MR) is 306 cm³/mol. The van der Waals surface area contributed by atoms with Crippen molar-refractivity contribution in [2.24, 2.45) is 0 Å². The van der Waals surface area contributed by atoms with Crippen molar-refractivity contribution in [3.63, 3.8) is 0 Å². The van der Waals surface area contributed by atoms with Crippen molar-refractivity contribution in [2.75, 3.05) is 39.3 Å². The largest absolute Gasteiger partial charge is 0.372 e. The minimum atomic E-state index is -1.84. The monoisotopic (exact) mass is 980 g/mol. The van der Waals surface area contributed by atoms with Gasteiger partial charge in [-0.15, -0.1) is 0 Å². The summed E-state index contributed by atoms with van der Waals surface area (Å²) >= 11 is 0. The van der Waals surface area contributed by atoms with Gasteiger partial charge in [0.2, 0.25) is 0 Å². The van der Waals surface area contributed by atoms with E-state index in [1.54, 1.807) is 0 Å². The second-order valence-electron chi connectivity index (χ2n) is 26.1. The fourth-order valence-corrected chi connectivity index (χ4v) is 52.5.